The van der Waals surface area contributed by atoms with Crippen LogP contribution < -0.4 is 19.9 Å². The molecule has 4 rings (SSSR count). The van der Waals surface area contributed by atoms with E-state index >= 15 is 0 Å². The van der Waals surface area contributed by atoms with Gasteiger partial charge in [-0.1, -0.05) is 18.2 Å². The molecule has 1 fully saturated rings. The quantitative estimate of drug-likeness (QED) is 0.181. The number of nitro benzene ring substituents is 1. The summed E-state index contributed by atoms with van der Waals surface area (Å²) in [7, 11) is 3.51. The van der Waals surface area contributed by atoms with Crippen LogP contribution in [0.15, 0.2) is 78.4 Å². The van der Waals surface area contributed by atoms with E-state index in [1.807, 2.05) is 30.3 Å². The summed E-state index contributed by atoms with van der Waals surface area (Å²) in [4.78, 5) is 39.8. The Labute approximate surface area is 206 Å². The van der Waals surface area contributed by atoms with E-state index in [2.05, 4.69) is 5.32 Å². The van der Waals surface area contributed by atoms with Gasteiger partial charge in [0.15, 0.2) is 5.11 Å². The monoisotopic (exact) mass is 488 g/mol. The van der Waals surface area contributed by atoms with Gasteiger partial charge in [-0.15, -0.1) is 0 Å². The molecule has 0 aromatic heterocycles. The highest BCUT2D eigenvalue weighted by atomic mass is 32.1. The summed E-state index contributed by atoms with van der Waals surface area (Å²) in [6, 6.07) is 20.3. The third-order valence-corrected chi connectivity index (χ3v) is 5.49. The van der Waals surface area contributed by atoms with Crippen molar-refractivity contribution >= 4 is 52.3 Å². The lowest BCUT2D eigenvalue weighted by Gasteiger charge is -2.29. The molecule has 1 aliphatic heterocycles. The topological polar surface area (TPSA) is 105 Å². The number of hydrogen-bond acceptors (Lipinski definition) is 7. The zero-order chi connectivity index (χ0) is 25.1. The zero-order valence-electron chi connectivity index (χ0n) is 18.8. The van der Waals surface area contributed by atoms with E-state index in [0.717, 1.165) is 4.90 Å². The summed E-state index contributed by atoms with van der Waals surface area (Å²) in [5.74, 6) is -0.219. The van der Waals surface area contributed by atoms with Gasteiger partial charge in [-0.25, -0.2) is 0 Å². The number of thiocarbonyl (C=S) groups is 1. The van der Waals surface area contributed by atoms with E-state index in [4.69, 9.17) is 17.0 Å². The number of carbonyl (C=O) groups is 2. The molecule has 1 N–H and O–H groups in total. The molecule has 1 heterocycles. The van der Waals surface area contributed by atoms with Gasteiger partial charge in [-0.05, 0) is 66.8 Å². The maximum atomic E-state index is 13.3. The van der Waals surface area contributed by atoms with Gasteiger partial charge < -0.3 is 9.64 Å². The maximum Gasteiger partial charge on any atom is 0.278 e. The predicted molar refractivity (Wildman–Crippen MR) is 137 cm³/mol. The molecule has 0 saturated carbocycles. The van der Waals surface area contributed by atoms with Gasteiger partial charge in [-0.2, -0.15) is 0 Å². The second-order valence-electron chi connectivity index (χ2n) is 7.76. The predicted octanol–water partition coefficient (Wildman–Crippen LogP) is 4.28. The molecule has 0 unspecified atom stereocenters. The highest BCUT2D eigenvalue weighted by Gasteiger charge is 2.35. The first-order valence-electron chi connectivity index (χ1n) is 10.4. The van der Waals surface area contributed by atoms with Crippen molar-refractivity contribution < 1.29 is 19.2 Å². The van der Waals surface area contributed by atoms with Gasteiger partial charge in [0, 0.05) is 25.8 Å². The van der Waals surface area contributed by atoms with E-state index in [0.29, 0.717) is 22.9 Å². The largest absolute Gasteiger partial charge is 0.457 e. The van der Waals surface area contributed by atoms with E-state index in [-0.39, 0.29) is 21.9 Å². The SMILES string of the molecule is CN(C)c1ccc(C=C2C(=O)NC(=S)N(c3ccc(Oc4ccccc4)cc3)C2=O)c([N+](=O)[O-])c1. The Morgan fingerprint density at radius 2 is 1.66 bits per heavy atom. The molecule has 0 radical (unpaired) electrons. The van der Waals surface area contributed by atoms with Crippen LogP contribution in [0.25, 0.3) is 6.08 Å². The van der Waals surface area contributed by atoms with Crippen molar-refractivity contribution in [3.63, 3.8) is 0 Å². The lowest BCUT2D eigenvalue weighted by molar-refractivity contribution is -0.385. The van der Waals surface area contributed by atoms with E-state index in [1.165, 1.54) is 18.2 Å². The van der Waals surface area contributed by atoms with Crippen molar-refractivity contribution in [2.24, 2.45) is 0 Å². The summed E-state index contributed by atoms with van der Waals surface area (Å²) in [6.07, 6.45) is 1.21. The van der Waals surface area contributed by atoms with E-state index < -0.39 is 16.7 Å². The summed E-state index contributed by atoms with van der Waals surface area (Å²) >= 11 is 5.23. The Hall–Kier alpha value is -4.57. The first-order chi connectivity index (χ1) is 16.7. The first-order valence-corrected chi connectivity index (χ1v) is 10.9. The highest BCUT2D eigenvalue weighted by Crippen LogP contribution is 2.30. The maximum absolute atomic E-state index is 13.3. The number of amides is 2. The van der Waals surface area contributed by atoms with Crippen LogP contribution >= 0.6 is 12.2 Å². The van der Waals surface area contributed by atoms with Gasteiger partial charge in [-0.3, -0.25) is 29.9 Å². The van der Waals surface area contributed by atoms with Crippen molar-refractivity contribution in [1.82, 2.24) is 5.32 Å². The Bertz CT molecular complexity index is 1350. The molecule has 0 spiro atoms. The fraction of sp³-hybridized carbons (Fsp3) is 0.0800. The van der Waals surface area contributed by atoms with Crippen molar-refractivity contribution in [2.45, 2.75) is 0 Å². The molecule has 10 heteroatoms. The molecule has 176 valence electrons. The standard InChI is InChI=1S/C25H20N4O5S/c1-27(2)18-9-8-16(22(15-18)29(32)33)14-21-23(30)26-25(35)28(24(21)31)17-10-12-20(13-11-17)34-19-6-4-3-5-7-19/h3-15H,1-2H3,(H,26,30,35). The van der Waals surface area contributed by atoms with E-state index in [1.54, 1.807) is 49.3 Å². The van der Waals surface area contributed by atoms with Crippen LogP contribution in [-0.2, 0) is 9.59 Å². The lowest BCUT2D eigenvalue weighted by Crippen LogP contribution is -2.54. The average Bonchev–Trinajstić information content (AvgIpc) is 2.83. The van der Waals surface area contributed by atoms with Crippen molar-refractivity contribution in [2.75, 3.05) is 23.9 Å². The minimum atomic E-state index is -0.730. The van der Waals surface area contributed by atoms with Gasteiger partial charge in [0.25, 0.3) is 17.5 Å². The molecule has 2 amide bonds. The Kier molecular flexibility index (Phi) is 6.56. The fourth-order valence-corrected chi connectivity index (χ4v) is 3.71. The lowest BCUT2D eigenvalue weighted by atomic mass is 10.0. The number of anilines is 2. The molecular formula is C25H20N4O5S. The number of rotatable bonds is 6. The fourth-order valence-electron chi connectivity index (χ4n) is 3.43. The van der Waals surface area contributed by atoms with Gasteiger partial charge >= 0.3 is 0 Å². The molecule has 1 saturated heterocycles. The van der Waals surface area contributed by atoms with Crippen LogP contribution in [0.2, 0.25) is 0 Å². The van der Waals surface area contributed by atoms with Crippen molar-refractivity contribution in [3.05, 3.63) is 94.0 Å². The van der Waals surface area contributed by atoms with Crippen LogP contribution in [0.5, 0.6) is 11.5 Å². The third kappa shape index (κ3) is 5.02. The third-order valence-electron chi connectivity index (χ3n) is 5.20. The second kappa shape index (κ2) is 9.74. The number of carbonyl (C=O) groups excluding carboxylic acids is 2. The number of nitrogens with one attached hydrogen (secondary N) is 1. The summed E-state index contributed by atoms with van der Waals surface area (Å²) in [6.45, 7) is 0. The summed E-state index contributed by atoms with van der Waals surface area (Å²) in [5, 5.41) is 14.0. The molecule has 0 bridgehead atoms. The van der Waals surface area contributed by atoms with Gasteiger partial charge in [0.05, 0.1) is 16.2 Å². The molecule has 3 aromatic rings. The highest BCUT2D eigenvalue weighted by molar-refractivity contribution is 7.80. The number of nitro groups is 1. The second-order valence-corrected chi connectivity index (χ2v) is 8.15. The Morgan fingerprint density at radius 1 is 1.00 bits per heavy atom. The molecule has 3 aromatic carbocycles. The number of ether oxygens (including phenoxy) is 1. The number of nitrogens with zero attached hydrogens (tertiary/aromatic N) is 3. The van der Waals surface area contributed by atoms with Crippen molar-refractivity contribution in [3.8, 4) is 11.5 Å². The Balaban J connectivity index is 1.65. The summed E-state index contributed by atoms with van der Waals surface area (Å²) in [5.41, 5.74) is 0.636. The van der Waals surface area contributed by atoms with Crippen LogP contribution in [0, 0.1) is 10.1 Å². The molecule has 1 aliphatic rings. The number of hydrogen-bond donors (Lipinski definition) is 1. The average molecular weight is 489 g/mol. The normalized spacial score (nSPS) is 14.6. The van der Waals surface area contributed by atoms with Gasteiger partial charge in [0.2, 0.25) is 0 Å². The number of benzene rings is 3. The van der Waals surface area contributed by atoms with Gasteiger partial charge in [0.1, 0.15) is 17.1 Å². The Morgan fingerprint density at radius 3 is 2.29 bits per heavy atom. The molecule has 35 heavy (non-hydrogen) atoms. The first kappa shape index (κ1) is 23.6. The van der Waals surface area contributed by atoms with E-state index in [9.17, 15) is 19.7 Å². The van der Waals surface area contributed by atoms with Crippen LogP contribution in [0.3, 0.4) is 0 Å². The minimum Gasteiger partial charge on any atom is -0.457 e. The van der Waals surface area contributed by atoms with Crippen molar-refractivity contribution in [1.29, 1.82) is 0 Å². The summed E-state index contributed by atoms with van der Waals surface area (Å²) < 4.78 is 5.77. The minimum absolute atomic E-state index is 0.0914. The van der Waals surface area contributed by atoms with Crippen LogP contribution in [0.4, 0.5) is 17.1 Å². The smallest absolute Gasteiger partial charge is 0.278 e. The molecule has 9 nitrogen and oxygen atoms in total. The molecule has 0 aliphatic carbocycles. The zero-order valence-corrected chi connectivity index (χ0v) is 19.6. The van der Waals surface area contributed by atoms with Crippen LogP contribution in [0.1, 0.15) is 5.56 Å². The molecule has 0 atom stereocenters. The molecular weight excluding hydrogens is 468 g/mol. The number of para-hydroxylation sites is 1. The van der Waals surface area contributed by atoms with Crippen LogP contribution in [-0.4, -0.2) is 35.9 Å².